The molecular formula is C20H16N3O. The fourth-order valence-electron chi connectivity index (χ4n) is 3.33. The zero-order valence-corrected chi connectivity index (χ0v) is 13.0. The minimum atomic E-state index is -2.30. The number of fused-ring (bicyclic) bond motifs is 4. The number of para-hydroxylation sites is 1. The van der Waals surface area contributed by atoms with Gasteiger partial charge in [-0.25, -0.2) is 4.98 Å². The topological polar surface area (TPSA) is 32.5 Å². The van der Waals surface area contributed by atoms with Gasteiger partial charge in [0.25, 0.3) is 0 Å². The lowest BCUT2D eigenvalue weighted by Gasteiger charge is -2.20. The molecule has 0 aliphatic carbocycles. The zero-order chi connectivity index (χ0) is 18.8. The number of furan rings is 1. The summed E-state index contributed by atoms with van der Waals surface area (Å²) in [5.41, 5.74) is 3.84. The molecule has 0 saturated heterocycles. The molecule has 5 rings (SSSR count). The Kier molecular flexibility index (Phi) is 2.12. The van der Waals surface area contributed by atoms with E-state index in [1.54, 1.807) is 25.0 Å². The molecule has 0 unspecified atom stereocenters. The molecule has 0 fully saturated rings. The van der Waals surface area contributed by atoms with Crippen molar-refractivity contribution in [2.75, 3.05) is 16.8 Å². The predicted octanol–water partition coefficient (Wildman–Crippen LogP) is 5.00. The van der Waals surface area contributed by atoms with Gasteiger partial charge in [0.15, 0.2) is 11.4 Å². The van der Waals surface area contributed by atoms with E-state index in [0.717, 1.165) is 33.2 Å². The molecule has 4 nitrogen and oxygen atoms in total. The van der Waals surface area contributed by atoms with Gasteiger partial charge in [0, 0.05) is 28.1 Å². The molecule has 0 spiro atoms. The quantitative estimate of drug-likeness (QED) is 0.495. The van der Waals surface area contributed by atoms with Gasteiger partial charge in [-0.15, -0.1) is 0 Å². The Morgan fingerprint density at radius 3 is 2.88 bits per heavy atom. The number of hydrogen-bond acceptors (Lipinski definition) is 4. The summed E-state index contributed by atoms with van der Waals surface area (Å²) in [6, 6.07) is 15.4. The molecule has 1 aliphatic heterocycles. The largest absolute Gasteiger partial charge is 0.454 e. The molecule has 4 aromatic rings. The molecule has 2 aromatic carbocycles. The van der Waals surface area contributed by atoms with Crippen LogP contribution in [0.4, 0.5) is 17.2 Å². The average molecular weight is 317 g/mol. The standard InChI is InChI=1S/C20H16N3O/c1-13-9-10-15-14-6-3-4-8-17(14)24-19(15)18(13)23-12-22(2)16-7-5-11-21-20(16)23/h3-12H,1-2H3/i2D3. The molecule has 0 bridgehead atoms. The summed E-state index contributed by atoms with van der Waals surface area (Å²) in [6.45, 7) is 1.26. The number of nitrogens with zero attached hydrogens (tertiary/aromatic N) is 3. The van der Waals surface area contributed by atoms with Crippen LogP contribution in [0.1, 0.15) is 9.68 Å². The number of aryl methyl sites for hydroxylation is 1. The number of benzene rings is 2. The molecular weight excluding hydrogens is 298 g/mol. The van der Waals surface area contributed by atoms with Gasteiger partial charge in [-0.3, -0.25) is 4.90 Å². The molecule has 0 amide bonds. The first-order valence-corrected chi connectivity index (χ1v) is 7.74. The van der Waals surface area contributed by atoms with E-state index >= 15 is 0 Å². The molecule has 0 atom stereocenters. The van der Waals surface area contributed by atoms with Gasteiger partial charge in [0.05, 0.1) is 11.4 Å². The first kappa shape index (κ1) is 10.7. The van der Waals surface area contributed by atoms with Crippen LogP contribution in [0.15, 0.2) is 59.1 Å². The first-order chi connectivity index (χ1) is 12.9. The number of hydrogen-bond donors (Lipinski definition) is 0. The monoisotopic (exact) mass is 317 g/mol. The van der Waals surface area contributed by atoms with Crippen LogP contribution in [0.5, 0.6) is 0 Å². The van der Waals surface area contributed by atoms with Crippen molar-refractivity contribution in [2.45, 2.75) is 6.92 Å². The van der Waals surface area contributed by atoms with E-state index in [-0.39, 0.29) is 0 Å². The highest BCUT2D eigenvalue weighted by Gasteiger charge is 2.29. The third-order valence-corrected chi connectivity index (χ3v) is 4.45. The summed E-state index contributed by atoms with van der Waals surface area (Å²) < 4.78 is 29.8. The van der Waals surface area contributed by atoms with Gasteiger partial charge < -0.3 is 9.32 Å². The van der Waals surface area contributed by atoms with Gasteiger partial charge in [-0.2, -0.15) is 0 Å². The van der Waals surface area contributed by atoms with Crippen molar-refractivity contribution < 1.29 is 8.53 Å². The van der Waals surface area contributed by atoms with Gasteiger partial charge in [-0.1, -0.05) is 30.3 Å². The maximum Gasteiger partial charge on any atom is 0.159 e. The van der Waals surface area contributed by atoms with Crippen LogP contribution < -0.4 is 9.80 Å². The van der Waals surface area contributed by atoms with E-state index in [9.17, 15) is 0 Å². The fraction of sp³-hybridized carbons (Fsp3) is 0.100. The van der Waals surface area contributed by atoms with E-state index in [1.165, 1.54) is 4.90 Å². The highest BCUT2D eigenvalue weighted by Crippen LogP contribution is 2.45. The van der Waals surface area contributed by atoms with E-state index in [0.29, 0.717) is 11.5 Å². The molecule has 117 valence electrons. The lowest BCUT2D eigenvalue weighted by atomic mass is 10.1. The molecule has 1 aliphatic rings. The maximum atomic E-state index is 7.87. The van der Waals surface area contributed by atoms with Crippen LogP contribution in [-0.4, -0.2) is 12.0 Å². The van der Waals surface area contributed by atoms with Gasteiger partial charge in [0.1, 0.15) is 12.3 Å². The second kappa shape index (κ2) is 4.74. The Hall–Kier alpha value is -3.01. The van der Waals surface area contributed by atoms with Crippen LogP contribution in [0.2, 0.25) is 0 Å². The van der Waals surface area contributed by atoms with Crippen LogP contribution in [0.25, 0.3) is 21.9 Å². The molecule has 0 N–H and O–H groups in total. The Morgan fingerprint density at radius 2 is 1.96 bits per heavy atom. The fourth-order valence-corrected chi connectivity index (χ4v) is 3.33. The van der Waals surface area contributed by atoms with Crippen molar-refractivity contribution in [3.63, 3.8) is 0 Å². The lowest BCUT2D eigenvalue weighted by molar-refractivity contribution is 0.668. The summed E-state index contributed by atoms with van der Waals surface area (Å²) in [5.74, 6) is 0.574. The van der Waals surface area contributed by atoms with E-state index < -0.39 is 6.98 Å². The first-order valence-electron chi connectivity index (χ1n) is 9.24. The van der Waals surface area contributed by atoms with Crippen molar-refractivity contribution in [1.82, 2.24) is 4.98 Å². The molecule has 3 heterocycles. The predicted molar refractivity (Wildman–Crippen MR) is 97.5 cm³/mol. The Balaban J connectivity index is 1.78. The smallest absolute Gasteiger partial charge is 0.159 e. The highest BCUT2D eigenvalue weighted by atomic mass is 16.3. The van der Waals surface area contributed by atoms with Crippen LogP contribution in [0.3, 0.4) is 0 Å². The van der Waals surface area contributed by atoms with E-state index in [4.69, 9.17) is 8.53 Å². The average Bonchev–Trinajstić information content (AvgIpc) is 3.20. The van der Waals surface area contributed by atoms with Crippen molar-refractivity contribution in [1.29, 1.82) is 0 Å². The number of pyridine rings is 1. The summed E-state index contributed by atoms with van der Waals surface area (Å²) in [4.78, 5) is 7.53. The molecule has 1 radical (unpaired) electrons. The van der Waals surface area contributed by atoms with Crippen molar-refractivity contribution in [3.8, 4) is 0 Å². The molecule has 2 aromatic heterocycles. The van der Waals surface area contributed by atoms with Gasteiger partial charge in [0.2, 0.25) is 0 Å². The van der Waals surface area contributed by atoms with Gasteiger partial charge >= 0.3 is 0 Å². The third kappa shape index (κ3) is 1.71. The third-order valence-electron chi connectivity index (χ3n) is 4.45. The number of aromatic nitrogens is 1. The Bertz CT molecular complexity index is 1180. The summed E-state index contributed by atoms with van der Waals surface area (Å²) in [5, 5.41) is 2.02. The summed E-state index contributed by atoms with van der Waals surface area (Å²) in [6.07, 6.45) is 1.66. The molecule has 4 heteroatoms. The maximum absolute atomic E-state index is 7.87. The van der Waals surface area contributed by atoms with E-state index in [1.807, 2.05) is 48.2 Å². The minimum Gasteiger partial charge on any atom is -0.454 e. The molecule has 24 heavy (non-hydrogen) atoms. The van der Waals surface area contributed by atoms with Crippen molar-refractivity contribution >= 4 is 39.1 Å². The van der Waals surface area contributed by atoms with Gasteiger partial charge in [-0.05, 0) is 30.7 Å². The SMILES string of the molecule is [2H]C([2H])([2H])N1[CH]N(c2c(C)ccc3c2oc2ccccc23)c2ncccc21. The highest BCUT2D eigenvalue weighted by molar-refractivity contribution is 6.10. The zero-order valence-electron chi connectivity index (χ0n) is 16.0. The Morgan fingerprint density at radius 1 is 1.04 bits per heavy atom. The normalized spacial score (nSPS) is 16.3. The lowest BCUT2D eigenvalue weighted by Crippen LogP contribution is -2.18. The number of rotatable bonds is 1. The van der Waals surface area contributed by atoms with Crippen LogP contribution >= 0.6 is 0 Å². The second-order valence-corrected chi connectivity index (χ2v) is 5.91. The minimum absolute atomic E-state index is 0.546. The second-order valence-electron chi connectivity index (χ2n) is 5.91. The van der Waals surface area contributed by atoms with E-state index in [2.05, 4.69) is 4.98 Å². The Labute approximate surface area is 144 Å². The summed E-state index contributed by atoms with van der Waals surface area (Å²) in [7, 11) is 0. The summed E-state index contributed by atoms with van der Waals surface area (Å²) >= 11 is 0. The molecule has 0 saturated carbocycles. The van der Waals surface area contributed by atoms with Crippen molar-refractivity contribution in [2.24, 2.45) is 0 Å². The van der Waals surface area contributed by atoms with Crippen LogP contribution in [0, 0.1) is 13.6 Å². The van der Waals surface area contributed by atoms with Crippen LogP contribution in [-0.2, 0) is 0 Å². The van der Waals surface area contributed by atoms with Crippen molar-refractivity contribution in [3.05, 3.63) is 67.0 Å². The number of anilines is 3.